The van der Waals surface area contributed by atoms with Gasteiger partial charge in [0.25, 0.3) is 0 Å². The third kappa shape index (κ3) is 10.8. The molecule has 0 heterocycles. The molecule has 0 aromatic rings. The van der Waals surface area contributed by atoms with Crippen LogP contribution in [0.15, 0.2) is 0 Å². The first kappa shape index (κ1) is 28.3. The standard InChI is InChI=1S/C21H44O6Si2/c1-9-14-16-24-20(22)18(26-28(6,7)8)19(21(23)25-17-15-10-2)27-29(11-3,12-4)13-5/h18-19H,9-17H2,1-8H3. The van der Waals surface area contributed by atoms with Crippen LogP contribution in [-0.4, -0.2) is 54.0 Å². The smallest absolute Gasteiger partial charge is 0.337 e. The van der Waals surface area contributed by atoms with Crippen LogP contribution in [0.5, 0.6) is 0 Å². The third-order valence-corrected chi connectivity index (χ3v) is 10.6. The van der Waals surface area contributed by atoms with Crippen LogP contribution in [0.3, 0.4) is 0 Å². The van der Waals surface area contributed by atoms with E-state index in [-0.39, 0.29) is 0 Å². The molecule has 0 amide bonds. The highest BCUT2D eigenvalue weighted by atomic mass is 28.4. The Morgan fingerprint density at radius 2 is 1.07 bits per heavy atom. The van der Waals surface area contributed by atoms with E-state index in [1.54, 1.807) is 0 Å². The van der Waals surface area contributed by atoms with Gasteiger partial charge in [0.15, 0.2) is 28.8 Å². The molecule has 2 unspecified atom stereocenters. The van der Waals surface area contributed by atoms with Crippen molar-refractivity contribution in [3.8, 4) is 0 Å². The van der Waals surface area contributed by atoms with Crippen molar-refractivity contribution in [3.63, 3.8) is 0 Å². The van der Waals surface area contributed by atoms with Gasteiger partial charge in [-0.3, -0.25) is 0 Å². The van der Waals surface area contributed by atoms with Gasteiger partial charge in [0.05, 0.1) is 13.2 Å². The van der Waals surface area contributed by atoms with E-state index in [0.717, 1.165) is 43.8 Å². The van der Waals surface area contributed by atoms with E-state index in [4.69, 9.17) is 18.3 Å². The molecule has 0 saturated carbocycles. The normalized spacial score (nSPS) is 14.3. The van der Waals surface area contributed by atoms with Crippen LogP contribution in [0.1, 0.15) is 60.3 Å². The lowest BCUT2D eigenvalue weighted by atomic mass is 10.2. The Labute approximate surface area is 180 Å². The summed E-state index contributed by atoms with van der Waals surface area (Å²) in [5.41, 5.74) is 0. The van der Waals surface area contributed by atoms with E-state index < -0.39 is 40.8 Å². The first-order valence-corrected chi connectivity index (χ1v) is 17.2. The molecule has 0 aliphatic heterocycles. The van der Waals surface area contributed by atoms with Crippen molar-refractivity contribution in [1.82, 2.24) is 0 Å². The largest absolute Gasteiger partial charge is 0.464 e. The van der Waals surface area contributed by atoms with Gasteiger partial charge in [0.2, 0.25) is 0 Å². The van der Waals surface area contributed by atoms with Gasteiger partial charge in [-0.25, -0.2) is 9.59 Å². The fraction of sp³-hybridized carbons (Fsp3) is 0.905. The van der Waals surface area contributed by atoms with Crippen LogP contribution in [0.25, 0.3) is 0 Å². The topological polar surface area (TPSA) is 71.1 Å². The molecular weight excluding hydrogens is 404 g/mol. The van der Waals surface area contributed by atoms with Crippen LogP contribution in [-0.2, 0) is 27.9 Å². The molecule has 0 aliphatic carbocycles. The van der Waals surface area contributed by atoms with E-state index in [1.807, 2.05) is 33.5 Å². The van der Waals surface area contributed by atoms with Crippen molar-refractivity contribution in [2.75, 3.05) is 13.2 Å². The summed E-state index contributed by atoms with van der Waals surface area (Å²) in [7, 11) is -4.34. The predicted molar refractivity (Wildman–Crippen MR) is 122 cm³/mol. The lowest BCUT2D eigenvalue weighted by molar-refractivity contribution is -0.170. The zero-order chi connectivity index (χ0) is 22.5. The molecule has 0 bridgehead atoms. The molecule has 6 nitrogen and oxygen atoms in total. The molecule has 172 valence electrons. The minimum Gasteiger partial charge on any atom is -0.464 e. The molecule has 0 spiro atoms. The van der Waals surface area contributed by atoms with Gasteiger partial charge in [-0.15, -0.1) is 0 Å². The number of carbonyl (C=O) groups is 2. The van der Waals surface area contributed by atoms with Gasteiger partial charge in [-0.1, -0.05) is 47.5 Å². The van der Waals surface area contributed by atoms with Crippen molar-refractivity contribution in [1.29, 1.82) is 0 Å². The summed E-state index contributed by atoms with van der Waals surface area (Å²) in [6.45, 7) is 16.9. The summed E-state index contributed by atoms with van der Waals surface area (Å²) in [5, 5.41) is 0. The van der Waals surface area contributed by atoms with Crippen LogP contribution in [0, 0.1) is 0 Å². The second-order valence-electron chi connectivity index (χ2n) is 8.48. The van der Waals surface area contributed by atoms with Gasteiger partial charge < -0.3 is 18.3 Å². The molecule has 0 aromatic carbocycles. The van der Waals surface area contributed by atoms with Crippen LogP contribution >= 0.6 is 0 Å². The van der Waals surface area contributed by atoms with Crippen molar-refractivity contribution in [2.45, 2.75) is 110 Å². The number of esters is 2. The summed E-state index contributed by atoms with van der Waals surface area (Å²) >= 11 is 0. The Kier molecular flexibility index (Phi) is 14.0. The lowest BCUT2D eigenvalue weighted by Gasteiger charge is -2.36. The molecule has 0 radical (unpaired) electrons. The zero-order valence-electron chi connectivity index (χ0n) is 20.0. The Morgan fingerprint density at radius 1 is 0.690 bits per heavy atom. The number of unbranched alkanes of at least 4 members (excludes halogenated alkanes) is 2. The predicted octanol–water partition coefficient (Wildman–Crippen LogP) is 5.28. The second kappa shape index (κ2) is 14.3. The summed E-state index contributed by atoms with van der Waals surface area (Å²) in [6.07, 6.45) is 1.24. The zero-order valence-corrected chi connectivity index (χ0v) is 22.0. The first-order valence-electron chi connectivity index (χ1n) is 11.3. The molecular formula is C21H44O6Si2. The van der Waals surface area contributed by atoms with E-state index in [1.165, 1.54) is 0 Å². The average molecular weight is 449 g/mol. The van der Waals surface area contributed by atoms with E-state index in [2.05, 4.69) is 20.8 Å². The number of ether oxygens (including phenoxy) is 2. The number of hydrogen-bond acceptors (Lipinski definition) is 6. The number of carbonyl (C=O) groups excluding carboxylic acids is 2. The molecule has 0 aromatic heterocycles. The summed E-state index contributed by atoms with van der Waals surface area (Å²) in [6, 6.07) is 2.59. The highest BCUT2D eigenvalue weighted by Crippen LogP contribution is 2.27. The Balaban J connectivity index is 5.82. The van der Waals surface area contributed by atoms with Gasteiger partial charge in [-0.05, 0) is 50.6 Å². The summed E-state index contributed by atoms with van der Waals surface area (Å²) < 4.78 is 23.6. The molecule has 0 N–H and O–H groups in total. The van der Waals surface area contributed by atoms with Crippen molar-refractivity contribution in [3.05, 3.63) is 0 Å². The maximum absolute atomic E-state index is 13.0. The first-order chi connectivity index (χ1) is 13.6. The van der Waals surface area contributed by atoms with Gasteiger partial charge in [-0.2, -0.15) is 0 Å². The van der Waals surface area contributed by atoms with E-state index >= 15 is 0 Å². The fourth-order valence-electron chi connectivity index (χ4n) is 2.92. The van der Waals surface area contributed by atoms with Crippen LogP contribution in [0.2, 0.25) is 37.8 Å². The summed E-state index contributed by atoms with van der Waals surface area (Å²) in [4.78, 5) is 25.9. The molecule has 2 atom stereocenters. The number of hydrogen-bond donors (Lipinski definition) is 0. The average Bonchev–Trinajstić information content (AvgIpc) is 2.67. The number of rotatable bonds is 16. The minimum atomic E-state index is -2.19. The second-order valence-corrected chi connectivity index (χ2v) is 17.7. The molecule has 29 heavy (non-hydrogen) atoms. The minimum absolute atomic E-state index is 0.316. The Bertz CT molecular complexity index is 466. The van der Waals surface area contributed by atoms with Crippen LogP contribution < -0.4 is 0 Å². The van der Waals surface area contributed by atoms with Crippen molar-refractivity contribution < 1.29 is 27.9 Å². The SMILES string of the molecule is CCCCOC(=O)C(O[Si](C)(C)C)C(O[Si](CC)(CC)CC)C(=O)OCCCC. The lowest BCUT2D eigenvalue weighted by Crippen LogP contribution is -2.54. The highest BCUT2D eigenvalue weighted by Gasteiger charge is 2.45. The fourth-order valence-corrected chi connectivity index (χ4v) is 6.66. The molecule has 8 heteroatoms. The maximum atomic E-state index is 13.0. The Morgan fingerprint density at radius 3 is 1.38 bits per heavy atom. The quantitative estimate of drug-likeness (QED) is 0.182. The van der Waals surface area contributed by atoms with E-state index in [0.29, 0.717) is 13.2 Å². The molecule has 0 aliphatic rings. The molecule has 0 fully saturated rings. The van der Waals surface area contributed by atoms with E-state index in [9.17, 15) is 9.59 Å². The molecule has 0 saturated heterocycles. The Hall–Kier alpha value is -0.706. The highest BCUT2D eigenvalue weighted by molar-refractivity contribution is 6.73. The molecule has 0 rings (SSSR count). The summed E-state index contributed by atoms with van der Waals surface area (Å²) in [5.74, 6) is -1.04. The monoisotopic (exact) mass is 448 g/mol. The van der Waals surface area contributed by atoms with Gasteiger partial charge in [0.1, 0.15) is 0 Å². The van der Waals surface area contributed by atoms with Crippen molar-refractivity contribution in [2.24, 2.45) is 0 Å². The van der Waals surface area contributed by atoms with Crippen LogP contribution in [0.4, 0.5) is 0 Å². The van der Waals surface area contributed by atoms with Crippen molar-refractivity contribution >= 4 is 28.6 Å². The van der Waals surface area contributed by atoms with Gasteiger partial charge in [0, 0.05) is 0 Å². The third-order valence-electron chi connectivity index (χ3n) is 5.01. The maximum Gasteiger partial charge on any atom is 0.337 e. The van der Waals surface area contributed by atoms with Gasteiger partial charge >= 0.3 is 11.9 Å².